The molecule has 0 amide bonds. The third-order valence-electron chi connectivity index (χ3n) is 4.83. The molecule has 0 aromatic rings. The maximum absolute atomic E-state index is 12.1. The highest BCUT2D eigenvalue weighted by Crippen LogP contribution is 2.37. The first kappa shape index (κ1) is 19.5. The first-order valence-electron chi connectivity index (χ1n) is 9.13. The molecule has 0 N–H and O–H groups in total. The second-order valence-corrected chi connectivity index (χ2v) is 7.27. The number of hydrogen-bond acceptors (Lipinski definition) is 1. The summed E-state index contributed by atoms with van der Waals surface area (Å²) >= 11 is 6.52. The molecule has 1 unspecified atom stereocenters. The number of allylic oxidation sites excluding steroid dienone is 3. The fourth-order valence-electron chi connectivity index (χ4n) is 3.54. The number of rotatable bonds is 12. The predicted molar refractivity (Wildman–Crippen MR) is 97.4 cm³/mol. The van der Waals surface area contributed by atoms with Crippen LogP contribution in [0.4, 0.5) is 0 Å². The highest BCUT2D eigenvalue weighted by Gasteiger charge is 2.34. The number of unbranched alkanes of at least 4 members (excludes halogenated alkanes) is 4. The maximum Gasteiger partial charge on any atom is 0.136 e. The minimum absolute atomic E-state index is 0.260. The second kappa shape index (κ2) is 11.9. The van der Waals surface area contributed by atoms with Gasteiger partial charge >= 0.3 is 0 Å². The molecule has 1 nitrogen and oxygen atoms in total. The largest absolute Gasteiger partial charge is 0.299 e. The molecule has 1 aliphatic rings. The molecule has 22 heavy (non-hydrogen) atoms. The second-order valence-electron chi connectivity index (χ2n) is 6.65. The van der Waals surface area contributed by atoms with E-state index in [4.69, 9.17) is 11.6 Å². The zero-order valence-electron chi connectivity index (χ0n) is 14.2. The third-order valence-corrected chi connectivity index (χ3v) is 5.23. The molecule has 1 fully saturated rings. The number of Topliss-reactive ketones (excluding diaryl/α,β-unsaturated/α-hetero) is 1. The van der Waals surface area contributed by atoms with E-state index in [1.165, 1.54) is 25.7 Å². The summed E-state index contributed by atoms with van der Waals surface area (Å²) in [4.78, 5) is 12.1. The van der Waals surface area contributed by atoms with Crippen molar-refractivity contribution in [3.05, 3.63) is 24.8 Å². The lowest BCUT2D eigenvalue weighted by molar-refractivity contribution is -0.121. The molecule has 2 heteroatoms. The Morgan fingerprint density at radius 2 is 2.14 bits per heavy atom. The summed E-state index contributed by atoms with van der Waals surface area (Å²) < 4.78 is 0. The Bertz CT molecular complexity index is 348. The van der Waals surface area contributed by atoms with Crippen molar-refractivity contribution in [2.45, 2.75) is 82.9 Å². The van der Waals surface area contributed by atoms with Gasteiger partial charge in [-0.2, -0.15) is 0 Å². The van der Waals surface area contributed by atoms with Gasteiger partial charge in [-0.3, -0.25) is 4.79 Å². The van der Waals surface area contributed by atoms with E-state index in [1.54, 1.807) is 6.08 Å². The normalized spacial score (nSPS) is 23.3. The van der Waals surface area contributed by atoms with Gasteiger partial charge < -0.3 is 0 Å². The van der Waals surface area contributed by atoms with Crippen molar-refractivity contribution in [2.75, 3.05) is 0 Å². The van der Waals surface area contributed by atoms with Crippen LogP contribution in [-0.4, -0.2) is 11.2 Å². The fourth-order valence-corrected chi connectivity index (χ4v) is 3.93. The molecule has 1 aliphatic carbocycles. The van der Waals surface area contributed by atoms with Crippen molar-refractivity contribution in [1.82, 2.24) is 0 Å². The van der Waals surface area contributed by atoms with E-state index >= 15 is 0 Å². The van der Waals surface area contributed by atoms with Gasteiger partial charge in [-0.1, -0.05) is 57.4 Å². The van der Waals surface area contributed by atoms with Crippen LogP contribution in [0.15, 0.2) is 24.8 Å². The first-order valence-corrected chi connectivity index (χ1v) is 9.57. The molecule has 0 aromatic carbocycles. The molecular weight excluding hydrogens is 292 g/mol. The molecule has 0 aromatic heterocycles. The molecule has 1 rings (SSSR count). The molecule has 126 valence electrons. The zero-order chi connectivity index (χ0) is 16.2. The number of carbonyl (C=O) groups excluding carboxylic acids is 1. The highest BCUT2D eigenvalue weighted by atomic mass is 35.5. The van der Waals surface area contributed by atoms with E-state index in [9.17, 15) is 4.79 Å². The molecule has 0 radical (unpaired) electrons. The van der Waals surface area contributed by atoms with Gasteiger partial charge in [0.2, 0.25) is 0 Å². The summed E-state index contributed by atoms with van der Waals surface area (Å²) in [6.07, 6.45) is 18.2. The monoisotopic (exact) mass is 324 g/mol. The zero-order valence-corrected chi connectivity index (χ0v) is 15.0. The van der Waals surface area contributed by atoms with Crippen LogP contribution < -0.4 is 0 Å². The topological polar surface area (TPSA) is 17.1 Å². The molecule has 0 spiro atoms. The molecular formula is C20H33ClO. The highest BCUT2D eigenvalue weighted by molar-refractivity contribution is 6.20. The fraction of sp³-hybridized carbons (Fsp3) is 0.750. The van der Waals surface area contributed by atoms with Gasteiger partial charge in [0, 0.05) is 17.7 Å². The SMILES string of the molecule is C=CC=CCCC[C@H]1C(=O)CC[C@@H]1CC(Cl)CCCCCC. The van der Waals surface area contributed by atoms with Crippen molar-refractivity contribution in [3.8, 4) is 0 Å². The van der Waals surface area contributed by atoms with E-state index in [0.29, 0.717) is 11.7 Å². The average molecular weight is 325 g/mol. The van der Waals surface area contributed by atoms with E-state index in [1.807, 2.05) is 6.08 Å². The van der Waals surface area contributed by atoms with Crippen molar-refractivity contribution in [2.24, 2.45) is 11.8 Å². The minimum atomic E-state index is 0.260. The number of ketones is 1. The average Bonchev–Trinajstić information content (AvgIpc) is 2.84. The molecule has 0 bridgehead atoms. The Hall–Kier alpha value is -0.560. The van der Waals surface area contributed by atoms with Gasteiger partial charge in [-0.05, 0) is 44.4 Å². The number of alkyl halides is 1. The van der Waals surface area contributed by atoms with Crippen LogP contribution in [0.2, 0.25) is 0 Å². The summed E-state index contributed by atoms with van der Waals surface area (Å²) in [6, 6.07) is 0. The molecule has 1 saturated carbocycles. The third kappa shape index (κ3) is 7.63. The van der Waals surface area contributed by atoms with Gasteiger partial charge in [0.1, 0.15) is 5.78 Å². The lowest BCUT2D eigenvalue weighted by Gasteiger charge is -2.21. The molecule has 3 atom stereocenters. The maximum atomic E-state index is 12.1. The lowest BCUT2D eigenvalue weighted by Crippen LogP contribution is -2.18. The quantitative estimate of drug-likeness (QED) is 0.228. The van der Waals surface area contributed by atoms with Gasteiger partial charge in [0.05, 0.1) is 0 Å². The summed E-state index contributed by atoms with van der Waals surface area (Å²) in [5, 5.41) is 0.260. The van der Waals surface area contributed by atoms with Gasteiger partial charge in [0.25, 0.3) is 0 Å². The minimum Gasteiger partial charge on any atom is -0.299 e. The Kier molecular flexibility index (Phi) is 10.6. The number of carbonyl (C=O) groups is 1. The van der Waals surface area contributed by atoms with E-state index < -0.39 is 0 Å². The summed E-state index contributed by atoms with van der Waals surface area (Å²) in [5.41, 5.74) is 0. The van der Waals surface area contributed by atoms with Crippen LogP contribution in [0.5, 0.6) is 0 Å². The van der Waals surface area contributed by atoms with E-state index in [0.717, 1.165) is 44.9 Å². The summed E-state index contributed by atoms with van der Waals surface area (Å²) in [7, 11) is 0. The van der Waals surface area contributed by atoms with Crippen molar-refractivity contribution < 1.29 is 4.79 Å². The lowest BCUT2D eigenvalue weighted by atomic mass is 9.86. The van der Waals surface area contributed by atoms with Crippen LogP contribution in [0.3, 0.4) is 0 Å². The Labute approximate surface area is 142 Å². The van der Waals surface area contributed by atoms with Gasteiger partial charge in [-0.25, -0.2) is 0 Å². The first-order chi connectivity index (χ1) is 10.7. The Balaban J connectivity index is 2.29. The van der Waals surface area contributed by atoms with Crippen LogP contribution in [0, 0.1) is 11.8 Å². The summed E-state index contributed by atoms with van der Waals surface area (Å²) in [6.45, 7) is 5.91. The van der Waals surface area contributed by atoms with Gasteiger partial charge in [-0.15, -0.1) is 11.6 Å². The molecule has 0 heterocycles. The van der Waals surface area contributed by atoms with Crippen LogP contribution in [0.1, 0.15) is 77.6 Å². The van der Waals surface area contributed by atoms with Crippen molar-refractivity contribution >= 4 is 17.4 Å². The summed E-state index contributed by atoms with van der Waals surface area (Å²) in [5.74, 6) is 1.28. The van der Waals surface area contributed by atoms with Crippen LogP contribution in [-0.2, 0) is 4.79 Å². The van der Waals surface area contributed by atoms with E-state index in [-0.39, 0.29) is 11.3 Å². The van der Waals surface area contributed by atoms with Crippen LogP contribution in [0.25, 0.3) is 0 Å². The van der Waals surface area contributed by atoms with Crippen LogP contribution >= 0.6 is 11.6 Å². The Morgan fingerprint density at radius 3 is 2.86 bits per heavy atom. The molecule has 0 aliphatic heterocycles. The van der Waals surface area contributed by atoms with Crippen molar-refractivity contribution in [3.63, 3.8) is 0 Å². The molecule has 0 saturated heterocycles. The predicted octanol–water partition coefficient (Wildman–Crippen LogP) is 6.46. The van der Waals surface area contributed by atoms with Crippen molar-refractivity contribution in [1.29, 1.82) is 0 Å². The van der Waals surface area contributed by atoms with Gasteiger partial charge in [0.15, 0.2) is 0 Å². The number of halogens is 1. The standard InChI is InChI=1S/C20H33ClO/c1-3-5-7-9-11-13-19-17(14-15-20(19)22)16-18(21)12-10-8-6-4-2/h3,5,7,17-19H,1,4,6,8-16H2,2H3/t17-,18?,19-/m1/s1. The Morgan fingerprint density at radius 1 is 1.32 bits per heavy atom. The number of hydrogen-bond donors (Lipinski definition) is 0. The smallest absolute Gasteiger partial charge is 0.136 e. The van der Waals surface area contributed by atoms with E-state index in [2.05, 4.69) is 19.6 Å².